The number of fused-ring (bicyclic) bond motifs is 4. The SMILES string of the molecule is [B]P1(=S)OC[C@H]2O[C@@H](n3cnc4c(=O)[nH]c(N)nc43)[C@@H](O)C2OP([B])(=S)OC[C@H]2O[C@@H](n3cnc4c(=O)[nH]c(N)nc43)[C@@H](O)C2O1. The fourth-order valence-corrected chi connectivity index (χ4v) is 8.43. The molecule has 3 fully saturated rings. The van der Waals surface area contributed by atoms with Gasteiger partial charge in [0.05, 0.1) is 25.9 Å². The lowest BCUT2D eigenvalue weighted by molar-refractivity contribution is -0.0530. The second kappa shape index (κ2) is 11.5. The van der Waals surface area contributed by atoms with Crippen LogP contribution in [0.4, 0.5) is 11.9 Å². The van der Waals surface area contributed by atoms with E-state index in [1.165, 1.54) is 21.8 Å². The molecule has 3 saturated heterocycles. The van der Waals surface area contributed by atoms with Gasteiger partial charge in [-0.15, -0.1) is 0 Å². The fraction of sp³-hybridized carbons (Fsp3) is 0.500. The maximum Gasteiger partial charge on any atom is 0.280 e. The Morgan fingerprint density at radius 1 is 0.804 bits per heavy atom. The Bertz CT molecular complexity index is 1920. The van der Waals surface area contributed by atoms with Crippen LogP contribution in [0.5, 0.6) is 0 Å². The number of nitrogens with two attached hydrogens (primary N) is 2. The Balaban J connectivity index is 1.18. The average Bonchev–Trinajstić information content (AvgIpc) is 3.72. The summed E-state index contributed by atoms with van der Waals surface area (Å²) in [5.41, 5.74) is 10.2. The molecule has 0 aromatic carbocycles. The number of nitrogens with zero attached hydrogens (tertiary/aromatic N) is 6. The second-order valence-electron chi connectivity index (χ2n) is 10.5. The van der Waals surface area contributed by atoms with E-state index in [0.29, 0.717) is 0 Å². The molecule has 3 aliphatic heterocycles. The third kappa shape index (κ3) is 5.65. The summed E-state index contributed by atoms with van der Waals surface area (Å²) in [4.78, 5) is 45.6. The molecule has 0 bridgehead atoms. The predicted molar refractivity (Wildman–Crippen MR) is 167 cm³/mol. The molecular weight excluding hydrogens is 688 g/mol. The molecule has 7 rings (SSSR count). The van der Waals surface area contributed by atoms with E-state index in [-0.39, 0.29) is 47.4 Å². The van der Waals surface area contributed by atoms with Crippen molar-refractivity contribution in [2.45, 2.75) is 49.1 Å². The standard InChI is InChI=1S/C20H22B2N10O10P2S2/c21-43(45)37-1-5-11(9(33)17(39-5)31-3-25-7-13(31)27-19(23)29-15(7)35)41-44(22,46)38-2-6-12(42-43)10(34)18(40-6)32-4-26-8-14(32)28-20(24)30-16(8)36/h3-6,9-12,17-18,33-34H,1-2H2,(H3,23,27,29,35)(H3,24,28,30,36)/t5-,6-,9+,10+,11?,12?,17-,18-,43?,44?/m1/s1. The summed E-state index contributed by atoms with van der Waals surface area (Å²) in [6, 6.07) is 0. The highest BCUT2D eigenvalue weighted by Gasteiger charge is 2.51. The first kappa shape index (κ1) is 32.0. The molecule has 0 saturated carbocycles. The Labute approximate surface area is 269 Å². The maximum atomic E-state index is 12.3. The number of nitrogen functional groups attached to an aromatic ring is 2. The van der Waals surface area contributed by atoms with Gasteiger partial charge in [0.15, 0.2) is 49.9 Å². The van der Waals surface area contributed by atoms with E-state index >= 15 is 0 Å². The summed E-state index contributed by atoms with van der Waals surface area (Å²) in [6.45, 7) is -0.778. The Morgan fingerprint density at radius 2 is 1.20 bits per heavy atom. The van der Waals surface area contributed by atoms with Gasteiger partial charge >= 0.3 is 0 Å². The van der Waals surface area contributed by atoms with Crippen LogP contribution in [0.1, 0.15) is 12.5 Å². The monoisotopic (exact) mass is 710 g/mol. The van der Waals surface area contributed by atoms with Crippen molar-refractivity contribution in [2.75, 3.05) is 24.7 Å². The van der Waals surface area contributed by atoms with E-state index in [2.05, 4.69) is 29.9 Å². The number of aliphatic hydroxyl groups excluding tert-OH is 2. The van der Waals surface area contributed by atoms with Crippen LogP contribution in [0.3, 0.4) is 0 Å². The summed E-state index contributed by atoms with van der Waals surface area (Å²) in [6.07, 6.45) is -15.0. The number of imidazole rings is 2. The Hall–Kier alpha value is -2.59. The highest BCUT2D eigenvalue weighted by Crippen LogP contribution is 2.53. The number of H-pyrrole nitrogens is 2. The molecule has 0 aliphatic carbocycles. The molecule has 20 nitrogen and oxygen atoms in total. The summed E-state index contributed by atoms with van der Waals surface area (Å²) >= 11 is 10.9. The molecule has 0 amide bonds. The zero-order valence-electron chi connectivity index (χ0n) is 23.1. The number of hydrogen-bond acceptors (Lipinski definition) is 18. The van der Waals surface area contributed by atoms with Gasteiger partial charge in [0, 0.05) is 0 Å². The van der Waals surface area contributed by atoms with Crippen LogP contribution in [0.15, 0.2) is 22.2 Å². The topological polar surface area (TPSA) is 275 Å². The van der Waals surface area contributed by atoms with Crippen LogP contribution in [-0.2, 0) is 51.2 Å². The van der Waals surface area contributed by atoms with Crippen molar-refractivity contribution in [2.24, 2.45) is 0 Å². The lowest BCUT2D eigenvalue weighted by Gasteiger charge is -2.33. The first-order valence-electron chi connectivity index (χ1n) is 13.3. The van der Waals surface area contributed by atoms with Crippen molar-refractivity contribution >= 4 is 85.7 Å². The van der Waals surface area contributed by atoms with E-state index in [4.69, 9.17) is 77.8 Å². The molecule has 8 N–H and O–H groups in total. The van der Waals surface area contributed by atoms with Crippen molar-refractivity contribution in [3.8, 4) is 0 Å². The zero-order valence-corrected chi connectivity index (χ0v) is 26.5. The number of ether oxygens (including phenoxy) is 2. The van der Waals surface area contributed by atoms with Crippen LogP contribution < -0.4 is 22.6 Å². The zero-order chi connectivity index (χ0) is 32.7. The minimum Gasteiger partial charge on any atom is -0.386 e. The van der Waals surface area contributed by atoms with Gasteiger partial charge in [-0.05, 0) is 23.6 Å². The Morgan fingerprint density at radius 3 is 1.59 bits per heavy atom. The van der Waals surface area contributed by atoms with Crippen LogP contribution in [-0.4, -0.2) is 114 Å². The fourth-order valence-electron chi connectivity index (χ4n) is 5.44. The minimum absolute atomic E-state index is 0.0286. The number of aromatic nitrogens is 8. The molecule has 26 heteroatoms. The number of hydrogen-bond donors (Lipinski definition) is 6. The largest absolute Gasteiger partial charge is 0.386 e. The van der Waals surface area contributed by atoms with E-state index in [0.717, 1.165) is 0 Å². The van der Waals surface area contributed by atoms with Crippen LogP contribution >= 0.6 is 12.7 Å². The lowest BCUT2D eigenvalue weighted by atomic mass is 10.1. The molecule has 4 aromatic rings. The van der Waals surface area contributed by atoms with Gasteiger partial charge in [0.1, 0.15) is 49.4 Å². The molecule has 10 atom stereocenters. The van der Waals surface area contributed by atoms with E-state index < -0.39 is 72.9 Å². The van der Waals surface area contributed by atoms with Crippen LogP contribution in [0.25, 0.3) is 22.3 Å². The van der Waals surface area contributed by atoms with Crippen molar-refractivity contribution < 1.29 is 37.8 Å². The van der Waals surface area contributed by atoms with Crippen molar-refractivity contribution in [1.29, 1.82) is 0 Å². The lowest BCUT2D eigenvalue weighted by Crippen LogP contribution is -2.39. The van der Waals surface area contributed by atoms with Crippen molar-refractivity contribution in [1.82, 2.24) is 39.0 Å². The van der Waals surface area contributed by atoms with Gasteiger partial charge in [0.25, 0.3) is 11.1 Å². The summed E-state index contributed by atoms with van der Waals surface area (Å²) < 4.78 is 38.2. The quantitative estimate of drug-likeness (QED) is 0.0929. The number of anilines is 2. The van der Waals surface area contributed by atoms with E-state index in [1.54, 1.807) is 0 Å². The highest BCUT2D eigenvalue weighted by atomic mass is 32.5. The van der Waals surface area contributed by atoms with Gasteiger partial charge in [-0.1, -0.05) is 0 Å². The number of nitrogens with one attached hydrogen (secondary N) is 2. The number of aliphatic hydroxyl groups is 2. The smallest absolute Gasteiger partial charge is 0.280 e. The second-order valence-corrected chi connectivity index (χ2v) is 16.6. The van der Waals surface area contributed by atoms with Gasteiger partial charge in [-0.25, -0.2) is 9.97 Å². The van der Waals surface area contributed by atoms with E-state index in [1.807, 2.05) is 0 Å². The Kier molecular flexibility index (Phi) is 8.02. The summed E-state index contributed by atoms with van der Waals surface area (Å²) in [5, 5.41) is 22.7. The molecule has 4 aromatic heterocycles. The molecule has 46 heavy (non-hydrogen) atoms. The maximum absolute atomic E-state index is 12.3. The molecule has 3 aliphatic rings. The van der Waals surface area contributed by atoms with Gasteiger partial charge in [0.2, 0.25) is 11.9 Å². The first-order chi connectivity index (χ1) is 21.7. The summed E-state index contributed by atoms with van der Waals surface area (Å²) in [5.74, 6) is -0.366. The summed E-state index contributed by atoms with van der Waals surface area (Å²) in [7, 11) is 12.6. The first-order valence-corrected chi connectivity index (χ1v) is 18.7. The van der Waals surface area contributed by atoms with Crippen molar-refractivity contribution in [3.05, 3.63) is 33.4 Å². The van der Waals surface area contributed by atoms with Crippen LogP contribution in [0, 0.1) is 0 Å². The molecule has 7 heterocycles. The van der Waals surface area contributed by atoms with Gasteiger partial charge in [-0.2, -0.15) is 9.97 Å². The number of rotatable bonds is 2. The highest BCUT2D eigenvalue weighted by molar-refractivity contribution is 8.21. The van der Waals surface area contributed by atoms with Gasteiger partial charge < -0.3 is 49.2 Å². The minimum atomic E-state index is -3.68. The predicted octanol–water partition coefficient (Wildman–Crippen LogP) is -2.46. The molecule has 4 radical (unpaired) electrons. The third-order valence-electron chi connectivity index (χ3n) is 7.44. The molecule has 240 valence electrons. The molecule has 0 spiro atoms. The van der Waals surface area contributed by atoms with Gasteiger partial charge in [-0.3, -0.25) is 28.7 Å². The number of aromatic amines is 2. The third-order valence-corrected chi connectivity index (χ3v) is 10.7. The molecule has 4 unspecified atom stereocenters. The normalized spacial score (nSPS) is 37.1. The molecular formula is C20H22B2N10O10P2S2. The van der Waals surface area contributed by atoms with E-state index in [9.17, 15) is 19.8 Å². The average molecular weight is 710 g/mol. The van der Waals surface area contributed by atoms with Crippen molar-refractivity contribution in [3.63, 3.8) is 0 Å². The van der Waals surface area contributed by atoms with Crippen LogP contribution in [0.2, 0.25) is 0 Å².